The number of hydrogen-bond acceptors (Lipinski definition) is 10. The molecule has 0 amide bonds. The number of Topliss-reactive ketones (excluding diaryl/α,β-unsaturated/α-hetero) is 3. The summed E-state index contributed by atoms with van der Waals surface area (Å²) in [6.45, 7) is -0.513. The SMILES string of the molecule is O=C(CCO)CCC(=O)CCC(=O)CCOc1ncc([N+](=O)[O-])cc1[N+](=O)[O-]. The number of aliphatic hydroxyl groups excluding tert-OH is 1. The van der Waals surface area contributed by atoms with E-state index in [1.165, 1.54) is 0 Å². The molecular weight excluding hydrogens is 378 g/mol. The Labute approximate surface area is 158 Å². The number of hydrogen-bond donors (Lipinski definition) is 1. The number of aromatic nitrogens is 1. The zero-order valence-electron chi connectivity index (χ0n) is 14.9. The van der Waals surface area contributed by atoms with Crippen molar-refractivity contribution in [1.82, 2.24) is 4.98 Å². The highest BCUT2D eigenvalue weighted by molar-refractivity contribution is 5.89. The van der Waals surface area contributed by atoms with Crippen LogP contribution < -0.4 is 4.74 Å². The lowest BCUT2D eigenvalue weighted by Gasteiger charge is -2.05. The number of carbonyl (C=O) groups is 3. The number of aliphatic hydroxyl groups is 1. The third-order valence-corrected chi connectivity index (χ3v) is 3.60. The molecule has 0 unspecified atom stereocenters. The van der Waals surface area contributed by atoms with Gasteiger partial charge in [0.2, 0.25) is 0 Å². The zero-order chi connectivity index (χ0) is 21.1. The van der Waals surface area contributed by atoms with Crippen LogP contribution in [0.1, 0.15) is 38.5 Å². The molecule has 0 aliphatic carbocycles. The van der Waals surface area contributed by atoms with Gasteiger partial charge in [-0.1, -0.05) is 0 Å². The molecule has 1 aromatic rings. The largest absolute Gasteiger partial charge is 0.472 e. The third kappa shape index (κ3) is 7.95. The standard InChI is InChI=1S/C16H19N3O9/c20-7-5-13(22)3-1-12(21)2-4-14(23)6-8-28-16-15(19(26)27)9-11(10-17-16)18(24)25/h9-10,20H,1-8H2. The van der Waals surface area contributed by atoms with Gasteiger partial charge in [-0.15, -0.1) is 0 Å². The van der Waals surface area contributed by atoms with Crippen LogP contribution in [0.25, 0.3) is 0 Å². The Morgan fingerprint density at radius 2 is 1.46 bits per heavy atom. The van der Waals surface area contributed by atoms with Gasteiger partial charge in [0, 0.05) is 45.1 Å². The van der Waals surface area contributed by atoms with Crippen molar-refractivity contribution in [3.05, 3.63) is 32.5 Å². The van der Waals surface area contributed by atoms with E-state index in [0.29, 0.717) is 6.07 Å². The average molecular weight is 397 g/mol. The molecule has 0 saturated carbocycles. The second kappa shape index (κ2) is 11.4. The van der Waals surface area contributed by atoms with Gasteiger partial charge in [-0.2, -0.15) is 0 Å². The Kier molecular flexibility index (Phi) is 9.30. The molecule has 28 heavy (non-hydrogen) atoms. The van der Waals surface area contributed by atoms with Crippen LogP contribution in [-0.2, 0) is 14.4 Å². The normalized spacial score (nSPS) is 10.3. The maximum atomic E-state index is 11.8. The molecule has 12 heteroatoms. The number of ketones is 3. The van der Waals surface area contributed by atoms with Crippen LogP contribution in [-0.4, -0.2) is 50.5 Å². The van der Waals surface area contributed by atoms with E-state index in [2.05, 4.69) is 4.98 Å². The van der Waals surface area contributed by atoms with Crippen molar-refractivity contribution in [2.24, 2.45) is 0 Å². The predicted octanol–water partition coefficient (Wildman–Crippen LogP) is 1.32. The van der Waals surface area contributed by atoms with Crippen LogP contribution in [0.4, 0.5) is 11.4 Å². The van der Waals surface area contributed by atoms with Crippen molar-refractivity contribution in [1.29, 1.82) is 0 Å². The van der Waals surface area contributed by atoms with Crippen LogP contribution in [0.2, 0.25) is 0 Å². The average Bonchev–Trinajstić information content (AvgIpc) is 2.64. The van der Waals surface area contributed by atoms with Crippen molar-refractivity contribution in [2.75, 3.05) is 13.2 Å². The molecule has 1 heterocycles. The fourth-order valence-electron chi connectivity index (χ4n) is 2.09. The van der Waals surface area contributed by atoms with E-state index in [1.54, 1.807) is 0 Å². The van der Waals surface area contributed by atoms with Gasteiger partial charge in [0.1, 0.15) is 29.6 Å². The van der Waals surface area contributed by atoms with Crippen LogP contribution in [0, 0.1) is 20.2 Å². The molecular formula is C16H19N3O9. The second-order valence-electron chi connectivity index (χ2n) is 5.72. The quantitative estimate of drug-likeness (QED) is 0.355. The molecule has 1 aromatic heterocycles. The van der Waals surface area contributed by atoms with Crippen molar-refractivity contribution in [2.45, 2.75) is 38.5 Å². The van der Waals surface area contributed by atoms with Crippen molar-refractivity contribution in [3.63, 3.8) is 0 Å². The van der Waals surface area contributed by atoms with Gasteiger partial charge >= 0.3 is 5.69 Å². The van der Waals surface area contributed by atoms with Crippen molar-refractivity contribution < 1.29 is 34.1 Å². The van der Waals surface area contributed by atoms with Gasteiger partial charge in [0.25, 0.3) is 11.6 Å². The van der Waals surface area contributed by atoms with Gasteiger partial charge in [0.05, 0.1) is 16.5 Å². The van der Waals surface area contributed by atoms with Gasteiger partial charge in [-0.05, 0) is 0 Å². The third-order valence-electron chi connectivity index (χ3n) is 3.60. The topological polar surface area (TPSA) is 180 Å². The summed E-state index contributed by atoms with van der Waals surface area (Å²) in [5, 5.41) is 30.2. The first-order valence-electron chi connectivity index (χ1n) is 8.32. The fourth-order valence-corrected chi connectivity index (χ4v) is 2.09. The molecule has 1 N–H and O–H groups in total. The first-order valence-corrected chi connectivity index (χ1v) is 8.32. The summed E-state index contributed by atoms with van der Waals surface area (Å²) in [7, 11) is 0. The molecule has 1 rings (SSSR count). The second-order valence-corrected chi connectivity index (χ2v) is 5.72. The maximum Gasteiger partial charge on any atom is 0.337 e. The molecule has 0 radical (unpaired) electrons. The van der Waals surface area contributed by atoms with Crippen LogP contribution in [0.15, 0.2) is 12.3 Å². The van der Waals surface area contributed by atoms with Gasteiger partial charge < -0.3 is 9.84 Å². The van der Waals surface area contributed by atoms with E-state index in [4.69, 9.17) is 9.84 Å². The Morgan fingerprint density at radius 1 is 0.929 bits per heavy atom. The molecule has 0 spiro atoms. The highest BCUT2D eigenvalue weighted by Gasteiger charge is 2.22. The smallest absolute Gasteiger partial charge is 0.337 e. The van der Waals surface area contributed by atoms with Crippen LogP contribution >= 0.6 is 0 Å². The minimum absolute atomic E-state index is 0.00151. The van der Waals surface area contributed by atoms with Crippen LogP contribution in [0.3, 0.4) is 0 Å². The molecule has 0 atom stereocenters. The molecule has 0 fully saturated rings. The fraction of sp³-hybridized carbons (Fsp3) is 0.500. The van der Waals surface area contributed by atoms with Gasteiger partial charge in [-0.25, -0.2) is 4.98 Å². The van der Waals surface area contributed by atoms with E-state index >= 15 is 0 Å². The molecule has 0 bridgehead atoms. The van der Waals surface area contributed by atoms with Crippen molar-refractivity contribution in [3.8, 4) is 5.88 Å². The number of pyridine rings is 1. The Bertz CT molecular complexity index is 764. The first-order chi connectivity index (χ1) is 13.2. The lowest BCUT2D eigenvalue weighted by molar-refractivity contribution is -0.395. The van der Waals surface area contributed by atoms with Gasteiger partial charge in [0.15, 0.2) is 0 Å². The Morgan fingerprint density at radius 3 is 1.96 bits per heavy atom. The number of carbonyl (C=O) groups excluding carboxylic acids is 3. The number of ether oxygens (including phenoxy) is 1. The minimum atomic E-state index is -0.881. The maximum absolute atomic E-state index is 11.8. The first kappa shape index (κ1) is 22.8. The number of nitro groups is 2. The summed E-state index contributed by atoms with van der Waals surface area (Å²) in [5.41, 5.74) is -1.25. The number of nitrogens with zero attached hydrogens (tertiary/aromatic N) is 3. The lowest BCUT2D eigenvalue weighted by Crippen LogP contribution is -2.11. The van der Waals surface area contributed by atoms with E-state index in [9.17, 15) is 34.6 Å². The summed E-state index contributed by atoms with van der Waals surface area (Å²) in [4.78, 5) is 58.0. The predicted molar refractivity (Wildman–Crippen MR) is 92.8 cm³/mol. The monoisotopic (exact) mass is 397 g/mol. The summed E-state index contributed by atoms with van der Waals surface area (Å²) in [5.74, 6) is -1.25. The molecule has 0 aromatic carbocycles. The minimum Gasteiger partial charge on any atom is -0.472 e. The van der Waals surface area contributed by atoms with E-state index < -0.39 is 27.1 Å². The summed E-state index contributed by atoms with van der Waals surface area (Å²) >= 11 is 0. The summed E-state index contributed by atoms with van der Waals surface area (Å²) in [6, 6.07) is 0.709. The van der Waals surface area contributed by atoms with Gasteiger partial charge in [-0.3, -0.25) is 34.6 Å². The molecule has 0 saturated heterocycles. The van der Waals surface area contributed by atoms with E-state index in [0.717, 1.165) is 6.20 Å². The van der Waals surface area contributed by atoms with E-state index in [1.807, 2.05) is 0 Å². The highest BCUT2D eigenvalue weighted by atomic mass is 16.6. The highest BCUT2D eigenvalue weighted by Crippen LogP contribution is 2.28. The molecule has 152 valence electrons. The molecule has 12 nitrogen and oxygen atoms in total. The molecule has 0 aliphatic heterocycles. The van der Waals surface area contributed by atoms with Crippen LogP contribution in [0.5, 0.6) is 5.88 Å². The van der Waals surface area contributed by atoms with Crippen molar-refractivity contribution >= 4 is 28.7 Å². The zero-order valence-corrected chi connectivity index (χ0v) is 14.9. The Hall–Kier alpha value is -3.28. The number of rotatable bonds is 14. The lowest BCUT2D eigenvalue weighted by atomic mass is 10.0. The molecule has 0 aliphatic rings. The summed E-state index contributed by atoms with van der Waals surface area (Å²) < 4.78 is 5.07. The van der Waals surface area contributed by atoms with E-state index in [-0.39, 0.29) is 69.1 Å². The summed E-state index contributed by atoms with van der Waals surface area (Å²) in [6.07, 6.45) is 0.584. The Balaban J connectivity index is 2.42.